The zero-order valence-electron chi connectivity index (χ0n) is 12.0. The van der Waals surface area contributed by atoms with Crippen molar-refractivity contribution in [1.29, 1.82) is 0 Å². The van der Waals surface area contributed by atoms with Gasteiger partial charge in [0.25, 0.3) is 0 Å². The first-order valence-electron chi connectivity index (χ1n) is 6.60. The summed E-state index contributed by atoms with van der Waals surface area (Å²) in [4.78, 5) is 0. The molecule has 3 nitrogen and oxygen atoms in total. The van der Waals surface area contributed by atoms with Gasteiger partial charge in [-0.25, -0.2) is 4.39 Å². The predicted octanol–water partition coefficient (Wildman–Crippen LogP) is 3.54. The first-order chi connectivity index (χ1) is 10.1. The molecule has 0 aliphatic rings. The van der Waals surface area contributed by atoms with Crippen molar-refractivity contribution in [2.24, 2.45) is 5.84 Å². The molecule has 5 heteroatoms. The van der Waals surface area contributed by atoms with Crippen molar-refractivity contribution in [3.8, 4) is 5.75 Å². The van der Waals surface area contributed by atoms with Crippen molar-refractivity contribution in [3.05, 3.63) is 63.9 Å². The summed E-state index contributed by atoms with van der Waals surface area (Å²) >= 11 is 6.02. The SMILES string of the molecule is COc1ccc(Cl)cc1CC(NN)c1cccc(C)c1F. The molecule has 0 amide bonds. The van der Waals surface area contributed by atoms with Crippen LogP contribution in [-0.4, -0.2) is 7.11 Å². The van der Waals surface area contributed by atoms with Crippen LogP contribution in [0.4, 0.5) is 4.39 Å². The normalized spacial score (nSPS) is 12.2. The molecule has 1 atom stereocenters. The maximum atomic E-state index is 14.3. The van der Waals surface area contributed by atoms with Gasteiger partial charge in [0, 0.05) is 10.6 Å². The maximum Gasteiger partial charge on any atom is 0.130 e. The van der Waals surface area contributed by atoms with Crippen LogP contribution in [0.3, 0.4) is 0 Å². The van der Waals surface area contributed by atoms with Crippen molar-refractivity contribution in [2.45, 2.75) is 19.4 Å². The Morgan fingerprint density at radius 1 is 1.33 bits per heavy atom. The van der Waals surface area contributed by atoms with Crippen LogP contribution >= 0.6 is 11.6 Å². The van der Waals surface area contributed by atoms with Crippen molar-refractivity contribution in [1.82, 2.24) is 5.43 Å². The number of hydrazine groups is 1. The first-order valence-corrected chi connectivity index (χ1v) is 6.98. The van der Waals surface area contributed by atoms with Crippen LogP contribution < -0.4 is 16.0 Å². The lowest BCUT2D eigenvalue weighted by Gasteiger charge is -2.19. The van der Waals surface area contributed by atoms with Gasteiger partial charge < -0.3 is 4.74 Å². The summed E-state index contributed by atoms with van der Waals surface area (Å²) in [6.45, 7) is 1.73. The molecule has 0 saturated heterocycles. The van der Waals surface area contributed by atoms with E-state index in [1.807, 2.05) is 6.07 Å². The van der Waals surface area contributed by atoms with Crippen LogP contribution in [0.1, 0.15) is 22.7 Å². The number of nitrogens with one attached hydrogen (secondary N) is 1. The summed E-state index contributed by atoms with van der Waals surface area (Å²) in [5.41, 5.74) is 4.65. The third-order valence-electron chi connectivity index (χ3n) is 3.46. The van der Waals surface area contributed by atoms with Crippen molar-refractivity contribution >= 4 is 11.6 Å². The summed E-state index contributed by atoms with van der Waals surface area (Å²) in [5, 5.41) is 0.603. The van der Waals surface area contributed by atoms with E-state index >= 15 is 0 Å². The Hall–Kier alpha value is -1.62. The van der Waals surface area contributed by atoms with E-state index in [0.29, 0.717) is 28.3 Å². The molecule has 2 aromatic carbocycles. The highest BCUT2D eigenvalue weighted by Gasteiger charge is 2.18. The van der Waals surface area contributed by atoms with Crippen LogP contribution in [0.5, 0.6) is 5.75 Å². The number of aryl methyl sites for hydroxylation is 1. The van der Waals surface area contributed by atoms with Crippen LogP contribution in [0.25, 0.3) is 0 Å². The highest BCUT2D eigenvalue weighted by molar-refractivity contribution is 6.30. The molecule has 1 unspecified atom stereocenters. The van der Waals surface area contributed by atoms with E-state index in [4.69, 9.17) is 22.2 Å². The van der Waals surface area contributed by atoms with Gasteiger partial charge >= 0.3 is 0 Å². The van der Waals surface area contributed by atoms with Gasteiger partial charge in [0.15, 0.2) is 0 Å². The molecule has 0 aliphatic heterocycles. The Morgan fingerprint density at radius 2 is 2.10 bits per heavy atom. The summed E-state index contributed by atoms with van der Waals surface area (Å²) < 4.78 is 19.6. The van der Waals surface area contributed by atoms with Gasteiger partial charge in [-0.15, -0.1) is 0 Å². The van der Waals surface area contributed by atoms with E-state index in [2.05, 4.69) is 5.43 Å². The molecule has 3 N–H and O–H groups in total. The first kappa shape index (κ1) is 15.8. The smallest absolute Gasteiger partial charge is 0.130 e. The average Bonchev–Trinajstić information content (AvgIpc) is 2.48. The minimum absolute atomic E-state index is 0.249. The van der Waals surface area contributed by atoms with E-state index in [1.165, 1.54) is 0 Å². The molecule has 2 aromatic rings. The van der Waals surface area contributed by atoms with Crippen molar-refractivity contribution < 1.29 is 9.13 Å². The predicted molar refractivity (Wildman–Crippen MR) is 82.9 cm³/mol. The lowest BCUT2D eigenvalue weighted by molar-refractivity contribution is 0.404. The van der Waals surface area contributed by atoms with Crippen molar-refractivity contribution in [3.63, 3.8) is 0 Å². The van der Waals surface area contributed by atoms with E-state index in [0.717, 1.165) is 5.56 Å². The summed E-state index contributed by atoms with van der Waals surface area (Å²) in [5.74, 6) is 6.06. The van der Waals surface area contributed by atoms with Crippen LogP contribution in [0.15, 0.2) is 36.4 Å². The summed E-state index contributed by atoms with van der Waals surface area (Å²) in [6, 6.07) is 10.2. The molecule has 0 fully saturated rings. The van der Waals surface area contributed by atoms with Gasteiger partial charge in [0.05, 0.1) is 13.2 Å². The number of halogens is 2. The lowest BCUT2D eigenvalue weighted by atomic mass is 9.97. The third kappa shape index (κ3) is 3.53. The number of hydrogen-bond donors (Lipinski definition) is 2. The minimum Gasteiger partial charge on any atom is -0.496 e. The standard InChI is InChI=1S/C16H18ClFN2O/c1-10-4-3-5-13(16(10)18)14(20-19)9-11-8-12(17)6-7-15(11)21-2/h3-8,14,20H,9,19H2,1-2H3. The fourth-order valence-corrected chi connectivity index (χ4v) is 2.52. The monoisotopic (exact) mass is 308 g/mol. The van der Waals surface area contributed by atoms with Gasteiger partial charge in [0.2, 0.25) is 0 Å². The van der Waals surface area contributed by atoms with Crippen LogP contribution in [0, 0.1) is 12.7 Å². The quantitative estimate of drug-likeness (QED) is 0.656. The number of ether oxygens (including phenoxy) is 1. The van der Waals surface area contributed by atoms with Gasteiger partial charge in [-0.2, -0.15) is 0 Å². The van der Waals surface area contributed by atoms with Gasteiger partial charge in [0.1, 0.15) is 11.6 Å². The fourth-order valence-electron chi connectivity index (χ4n) is 2.32. The Morgan fingerprint density at radius 3 is 2.76 bits per heavy atom. The van der Waals surface area contributed by atoms with Gasteiger partial charge in [-0.3, -0.25) is 11.3 Å². The molecule has 0 spiro atoms. The maximum absolute atomic E-state index is 14.3. The zero-order valence-corrected chi connectivity index (χ0v) is 12.7. The van der Waals surface area contributed by atoms with Gasteiger partial charge in [-0.1, -0.05) is 29.8 Å². The molecular weight excluding hydrogens is 291 g/mol. The van der Waals surface area contributed by atoms with Gasteiger partial charge in [-0.05, 0) is 42.7 Å². The molecule has 0 bridgehead atoms. The largest absolute Gasteiger partial charge is 0.496 e. The highest BCUT2D eigenvalue weighted by Crippen LogP contribution is 2.29. The molecular formula is C16H18ClFN2O. The molecule has 112 valence electrons. The molecule has 0 heterocycles. The number of rotatable bonds is 5. The summed E-state index contributed by atoms with van der Waals surface area (Å²) in [7, 11) is 1.59. The summed E-state index contributed by atoms with van der Waals surface area (Å²) in [6.07, 6.45) is 0.473. The lowest BCUT2D eigenvalue weighted by Crippen LogP contribution is -2.30. The Labute approximate surface area is 128 Å². The van der Waals surface area contributed by atoms with Crippen LogP contribution in [-0.2, 0) is 6.42 Å². The molecule has 0 saturated carbocycles. The van der Waals surface area contributed by atoms with Crippen molar-refractivity contribution in [2.75, 3.05) is 7.11 Å². The molecule has 0 aliphatic carbocycles. The fraction of sp³-hybridized carbons (Fsp3) is 0.250. The number of nitrogens with two attached hydrogens (primary N) is 1. The minimum atomic E-state index is -0.364. The average molecular weight is 309 g/mol. The number of benzene rings is 2. The Balaban J connectivity index is 2.35. The Kier molecular flexibility index (Phi) is 5.17. The second-order valence-electron chi connectivity index (χ2n) is 4.86. The zero-order chi connectivity index (χ0) is 15.4. The third-order valence-corrected chi connectivity index (χ3v) is 3.70. The topological polar surface area (TPSA) is 47.3 Å². The molecule has 21 heavy (non-hydrogen) atoms. The molecule has 0 aromatic heterocycles. The van der Waals surface area contributed by atoms with E-state index < -0.39 is 0 Å². The Bertz CT molecular complexity index is 634. The highest BCUT2D eigenvalue weighted by atomic mass is 35.5. The van der Waals surface area contributed by atoms with E-state index in [-0.39, 0.29) is 11.9 Å². The van der Waals surface area contributed by atoms with E-state index in [9.17, 15) is 4.39 Å². The van der Waals surface area contributed by atoms with E-state index in [1.54, 1.807) is 44.4 Å². The van der Waals surface area contributed by atoms with Crippen LogP contribution in [0.2, 0.25) is 5.02 Å². The second kappa shape index (κ2) is 6.89. The molecule has 0 radical (unpaired) electrons. The molecule has 2 rings (SSSR count). The number of hydrogen-bond acceptors (Lipinski definition) is 3. The second-order valence-corrected chi connectivity index (χ2v) is 5.29. The number of methoxy groups -OCH3 is 1.